The Kier molecular flexibility index (Phi) is 2.90. The van der Waals surface area contributed by atoms with Crippen molar-refractivity contribution in [1.82, 2.24) is 5.32 Å². The maximum Gasteiger partial charge on any atom is 0.0549 e. The van der Waals surface area contributed by atoms with Gasteiger partial charge < -0.3 is 10.1 Å². The fourth-order valence-electron chi connectivity index (χ4n) is 1.71. The number of hydrogen-bond acceptors (Lipinski definition) is 2. The molecule has 0 radical (unpaired) electrons. The summed E-state index contributed by atoms with van der Waals surface area (Å²) in [6.07, 6.45) is 2.89. The lowest BCUT2D eigenvalue weighted by atomic mass is 9.75. The van der Waals surface area contributed by atoms with Crippen molar-refractivity contribution >= 4 is 0 Å². The lowest BCUT2D eigenvalue weighted by Crippen LogP contribution is -2.54. The molecule has 0 aromatic heterocycles. The molecule has 0 saturated carbocycles. The lowest BCUT2D eigenvalue weighted by molar-refractivity contribution is 0.0354. The fraction of sp³-hybridized carbons (Fsp3) is 1.00. The predicted molar refractivity (Wildman–Crippen MR) is 46.7 cm³/mol. The second kappa shape index (κ2) is 3.55. The third-order valence-electron chi connectivity index (χ3n) is 2.87. The molecule has 1 aliphatic heterocycles. The van der Waals surface area contributed by atoms with Gasteiger partial charge >= 0.3 is 0 Å². The largest absolute Gasteiger partial charge is 0.382 e. The summed E-state index contributed by atoms with van der Waals surface area (Å²) < 4.78 is 5.26. The highest BCUT2D eigenvalue weighted by Crippen LogP contribution is 2.32. The third-order valence-corrected chi connectivity index (χ3v) is 2.87. The van der Waals surface area contributed by atoms with E-state index in [1.807, 2.05) is 0 Å². The molecule has 1 N–H and O–H groups in total. The van der Waals surface area contributed by atoms with Crippen molar-refractivity contribution in [3.05, 3.63) is 0 Å². The summed E-state index contributed by atoms with van der Waals surface area (Å²) in [5, 5.41) is 3.33. The summed E-state index contributed by atoms with van der Waals surface area (Å²) >= 11 is 0. The maximum absolute atomic E-state index is 5.26. The van der Waals surface area contributed by atoms with Crippen LogP contribution < -0.4 is 5.32 Å². The number of rotatable bonds is 4. The Labute approximate surface area is 69.3 Å². The minimum Gasteiger partial charge on any atom is -0.382 e. The number of nitrogens with one attached hydrogen (secondary N) is 1. The minimum absolute atomic E-state index is 0.414. The van der Waals surface area contributed by atoms with Gasteiger partial charge in [-0.25, -0.2) is 0 Å². The van der Waals surface area contributed by atoms with Gasteiger partial charge in [-0.3, -0.25) is 0 Å². The van der Waals surface area contributed by atoms with Gasteiger partial charge in [0.15, 0.2) is 0 Å². The van der Waals surface area contributed by atoms with E-state index in [2.05, 4.69) is 19.2 Å². The molecule has 1 unspecified atom stereocenters. The van der Waals surface area contributed by atoms with Crippen molar-refractivity contribution < 1.29 is 4.74 Å². The molecule has 1 aliphatic rings. The van der Waals surface area contributed by atoms with Crippen LogP contribution in [-0.2, 0) is 4.74 Å². The zero-order valence-corrected chi connectivity index (χ0v) is 7.81. The van der Waals surface area contributed by atoms with Crippen LogP contribution in [0.1, 0.15) is 26.7 Å². The molecule has 1 heterocycles. The van der Waals surface area contributed by atoms with Crippen LogP contribution in [0, 0.1) is 5.41 Å². The number of ether oxygens (including phenoxy) is 1. The molecule has 0 amide bonds. The van der Waals surface area contributed by atoms with Crippen LogP contribution in [0.2, 0.25) is 0 Å². The fourth-order valence-corrected chi connectivity index (χ4v) is 1.71. The quantitative estimate of drug-likeness (QED) is 0.666. The molecule has 0 aromatic carbocycles. The van der Waals surface area contributed by atoms with Crippen LogP contribution in [0.15, 0.2) is 0 Å². The van der Waals surface area contributed by atoms with Gasteiger partial charge in [0.2, 0.25) is 0 Å². The summed E-state index contributed by atoms with van der Waals surface area (Å²) in [7, 11) is 1.79. The van der Waals surface area contributed by atoms with Crippen molar-refractivity contribution in [2.24, 2.45) is 5.41 Å². The zero-order chi connectivity index (χ0) is 8.32. The van der Waals surface area contributed by atoms with E-state index in [0.29, 0.717) is 11.5 Å². The average Bonchev–Trinajstić information content (AvgIpc) is 1.96. The molecule has 1 rings (SSSR count). The first-order valence-corrected chi connectivity index (χ1v) is 4.46. The molecule has 2 nitrogen and oxygen atoms in total. The monoisotopic (exact) mass is 157 g/mol. The molecule has 0 aliphatic carbocycles. The Morgan fingerprint density at radius 1 is 1.55 bits per heavy atom. The van der Waals surface area contributed by atoms with E-state index in [-0.39, 0.29) is 0 Å². The van der Waals surface area contributed by atoms with Gasteiger partial charge in [0.25, 0.3) is 0 Å². The van der Waals surface area contributed by atoms with E-state index < -0.39 is 0 Å². The van der Waals surface area contributed by atoms with E-state index in [4.69, 9.17) is 4.74 Å². The average molecular weight is 157 g/mol. The minimum atomic E-state index is 0.414. The molecule has 1 fully saturated rings. The molecule has 66 valence electrons. The Morgan fingerprint density at radius 3 is 2.45 bits per heavy atom. The molecule has 0 spiro atoms. The molecule has 0 bridgehead atoms. The second-order valence-corrected chi connectivity index (χ2v) is 3.71. The summed E-state index contributed by atoms with van der Waals surface area (Å²) in [5.74, 6) is 0. The molecular formula is C9H19NO. The van der Waals surface area contributed by atoms with E-state index in [1.165, 1.54) is 25.9 Å². The Morgan fingerprint density at radius 2 is 2.18 bits per heavy atom. The maximum atomic E-state index is 5.26. The van der Waals surface area contributed by atoms with E-state index in [1.54, 1.807) is 7.11 Å². The summed E-state index contributed by atoms with van der Waals surface area (Å²) in [6.45, 7) is 6.77. The van der Waals surface area contributed by atoms with Crippen molar-refractivity contribution in [1.29, 1.82) is 0 Å². The molecule has 0 aromatic rings. The Hall–Kier alpha value is -0.0800. The predicted octanol–water partition coefficient (Wildman–Crippen LogP) is 1.41. The highest BCUT2D eigenvalue weighted by Gasteiger charge is 2.35. The number of methoxy groups -OCH3 is 1. The molecule has 2 heteroatoms. The van der Waals surface area contributed by atoms with Crippen LogP contribution in [0.5, 0.6) is 0 Å². The first kappa shape index (κ1) is 9.01. The smallest absolute Gasteiger partial charge is 0.0549 e. The van der Waals surface area contributed by atoms with E-state index >= 15 is 0 Å². The van der Waals surface area contributed by atoms with Crippen LogP contribution >= 0.6 is 0 Å². The third kappa shape index (κ3) is 1.94. The van der Waals surface area contributed by atoms with Gasteiger partial charge in [0.1, 0.15) is 0 Å². The Balaban J connectivity index is 2.32. The molecular weight excluding hydrogens is 138 g/mol. The van der Waals surface area contributed by atoms with Crippen LogP contribution in [0.4, 0.5) is 0 Å². The van der Waals surface area contributed by atoms with Gasteiger partial charge in [-0.15, -0.1) is 0 Å². The van der Waals surface area contributed by atoms with Gasteiger partial charge in [-0.05, 0) is 25.2 Å². The Bertz CT molecular complexity index is 115. The number of hydrogen-bond donors (Lipinski definition) is 1. The highest BCUT2D eigenvalue weighted by molar-refractivity contribution is 4.92. The zero-order valence-electron chi connectivity index (χ0n) is 7.81. The van der Waals surface area contributed by atoms with E-state index in [0.717, 1.165) is 0 Å². The summed E-state index contributed by atoms with van der Waals surface area (Å²) in [5.41, 5.74) is 0.551. The van der Waals surface area contributed by atoms with Gasteiger partial charge in [0, 0.05) is 20.2 Å². The topological polar surface area (TPSA) is 21.3 Å². The first-order chi connectivity index (χ1) is 5.22. The SMILES string of the molecule is CCC1(CC(C)OC)CNC1. The molecule has 11 heavy (non-hydrogen) atoms. The van der Waals surface area contributed by atoms with Crippen LogP contribution in [0.25, 0.3) is 0 Å². The van der Waals surface area contributed by atoms with Crippen molar-refractivity contribution in [3.63, 3.8) is 0 Å². The van der Waals surface area contributed by atoms with E-state index in [9.17, 15) is 0 Å². The normalized spacial score (nSPS) is 24.3. The molecule has 1 saturated heterocycles. The second-order valence-electron chi connectivity index (χ2n) is 3.71. The van der Waals surface area contributed by atoms with Crippen LogP contribution in [-0.4, -0.2) is 26.3 Å². The molecule has 1 atom stereocenters. The summed E-state index contributed by atoms with van der Waals surface area (Å²) in [4.78, 5) is 0. The van der Waals surface area contributed by atoms with Gasteiger partial charge in [-0.1, -0.05) is 6.92 Å². The van der Waals surface area contributed by atoms with Crippen molar-refractivity contribution in [2.75, 3.05) is 20.2 Å². The highest BCUT2D eigenvalue weighted by atomic mass is 16.5. The van der Waals surface area contributed by atoms with Crippen molar-refractivity contribution in [3.8, 4) is 0 Å². The van der Waals surface area contributed by atoms with Gasteiger partial charge in [-0.2, -0.15) is 0 Å². The summed E-state index contributed by atoms with van der Waals surface area (Å²) in [6, 6.07) is 0. The lowest BCUT2D eigenvalue weighted by Gasteiger charge is -2.43. The van der Waals surface area contributed by atoms with Crippen LogP contribution in [0.3, 0.4) is 0 Å². The standard InChI is InChI=1S/C9H19NO/c1-4-9(6-10-7-9)5-8(2)11-3/h8,10H,4-7H2,1-3H3. The first-order valence-electron chi connectivity index (χ1n) is 4.46. The van der Waals surface area contributed by atoms with Gasteiger partial charge in [0.05, 0.1) is 6.10 Å². The van der Waals surface area contributed by atoms with Crippen molar-refractivity contribution in [2.45, 2.75) is 32.8 Å².